The van der Waals surface area contributed by atoms with Crippen molar-refractivity contribution in [3.8, 4) is 6.07 Å². The van der Waals surface area contributed by atoms with Crippen molar-refractivity contribution in [2.24, 2.45) is 0 Å². The molecule has 2 aromatic rings. The van der Waals surface area contributed by atoms with Crippen LogP contribution in [0.3, 0.4) is 0 Å². The molecule has 0 saturated heterocycles. The maximum Gasteiger partial charge on any atom is 0.347 e. The normalized spacial score (nSPS) is 12.6. The van der Waals surface area contributed by atoms with Crippen molar-refractivity contribution >= 4 is 34.6 Å². The highest BCUT2D eigenvalue weighted by atomic mass is 32.1. The zero-order valence-corrected chi connectivity index (χ0v) is 16.8. The number of unbranched alkanes of at least 4 members (excludes halogenated alkanes) is 2. The molecule has 27 heavy (non-hydrogen) atoms. The number of carboxylic acid groups (broad SMARTS) is 1. The summed E-state index contributed by atoms with van der Waals surface area (Å²) in [6, 6.07) is 13.8. The van der Waals surface area contributed by atoms with Gasteiger partial charge in [0, 0.05) is 23.3 Å². The number of hydrogen-bond acceptors (Lipinski definition) is 4. The fourth-order valence-corrected chi connectivity index (χ4v) is 3.74. The molecule has 0 amide bonds. The molecule has 0 unspecified atom stereocenters. The fraction of sp³-hybridized carbons (Fsp3) is 0.364. The Hall–Kier alpha value is -2.58. The molecule has 1 N–H and O–H groups in total. The molecule has 4 nitrogen and oxygen atoms in total. The first-order valence-electron chi connectivity index (χ1n) is 9.39. The first-order chi connectivity index (χ1) is 13.1. The molecule has 0 aliphatic heterocycles. The van der Waals surface area contributed by atoms with E-state index in [0.29, 0.717) is 4.53 Å². The van der Waals surface area contributed by atoms with E-state index in [1.807, 2.05) is 12.1 Å². The monoisotopic (exact) mass is 382 g/mol. The summed E-state index contributed by atoms with van der Waals surface area (Å²) in [4.78, 5) is 13.5. The van der Waals surface area contributed by atoms with E-state index in [9.17, 15) is 4.79 Å². The molecule has 0 saturated carbocycles. The molecule has 0 bridgehead atoms. The largest absolute Gasteiger partial charge is 0.477 e. The van der Waals surface area contributed by atoms with Crippen LogP contribution in [0.5, 0.6) is 0 Å². The Morgan fingerprint density at radius 1 is 1.11 bits per heavy atom. The highest BCUT2D eigenvalue weighted by molar-refractivity contribution is 7.08. The summed E-state index contributed by atoms with van der Waals surface area (Å²) in [5, 5.41) is 18.0. The third-order valence-corrected chi connectivity index (χ3v) is 5.38. The SMILES string of the molecule is CCCCN(CCCC)c1ccc(/C=c2/cc/c(=C(\C#N)C(=O)O)s2)cc1. The number of aliphatic carboxylic acids is 1. The van der Waals surface area contributed by atoms with Crippen molar-refractivity contribution < 1.29 is 9.90 Å². The van der Waals surface area contributed by atoms with Gasteiger partial charge in [0.25, 0.3) is 0 Å². The molecule has 1 heterocycles. The van der Waals surface area contributed by atoms with Crippen molar-refractivity contribution in [2.45, 2.75) is 39.5 Å². The zero-order valence-electron chi connectivity index (χ0n) is 15.9. The van der Waals surface area contributed by atoms with Gasteiger partial charge in [-0.25, -0.2) is 4.79 Å². The summed E-state index contributed by atoms with van der Waals surface area (Å²) >= 11 is 1.32. The number of rotatable bonds is 9. The molecule has 2 rings (SSSR count). The lowest BCUT2D eigenvalue weighted by Crippen LogP contribution is -2.25. The van der Waals surface area contributed by atoms with E-state index in [1.54, 1.807) is 12.1 Å². The summed E-state index contributed by atoms with van der Waals surface area (Å²) in [7, 11) is 0. The molecule has 0 spiro atoms. The van der Waals surface area contributed by atoms with Crippen LogP contribution in [-0.4, -0.2) is 24.2 Å². The summed E-state index contributed by atoms with van der Waals surface area (Å²) in [5.41, 5.74) is 2.09. The molecule has 0 atom stereocenters. The smallest absolute Gasteiger partial charge is 0.347 e. The van der Waals surface area contributed by atoms with Gasteiger partial charge in [0.2, 0.25) is 0 Å². The van der Waals surface area contributed by atoms with Crippen molar-refractivity contribution in [1.82, 2.24) is 0 Å². The topological polar surface area (TPSA) is 64.3 Å². The van der Waals surface area contributed by atoms with Crippen LogP contribution in [0.2, 0.25) is 0 Å². The molecular weight excluding hydrogens is 356 g/mol. The van der Waals surface area contributed by atoms with Crippen LogP contribution >= 0.6 is 11.3 Å². The summed E-state index contributed by atoms with van der Waals surface area (Å²) in [6.07, 6.45) is 6.77. The minimum absolute atomic E-state index is 0.211. The van der Waals surface area contributed by atoms with Gasteiger partial charge < -0.3 is 10.0 Å². The second kappa shape index (κ2) is 10.5. The Bertz CT molecular complexity index is 899. The number of carboxylic acids is 1. The summed E-state index contributed by atoms with van der Waals surface area (Å²) < 4.78 is 1.42. The lowest BCUT2D eigenvalue weighted by atomic mass is 10.1. The third kappa shape index (κ3) is 5.97. The van der Waals surface area contributed by atoms with Gasteiger partial charge >= 0.3 is 5.97 Å². The first kappa shape index (κ1) is 20.7. The minimum Gasteiger partial charge on any atom is -0.477 e. The molecule has 5 heteroatoms. The number of hydrogen-bond donors (Lipinski definition) is 1. The average Bonchev–Trinajstić information content (AvgIpc) is 3.11. The predicted molar refractivity (Wildman–Crippen MR) is 112 cm³/mol. The maximum absolute atomic E-state index is 11.1. The Morgan fingerprint density at radius 2 is 1.74 bits per heavy atom. The maximum atomic E-state index is 11.1. The molecule has 0 aliphatic carbocycles. The highest BCUT2D eigenvalue weighted by Crippen LogP contribution is 2.17. The number of nitriles is 1. The lowest BCUT2D eigenvalue weighted by molar-refractivity contribution is -0.130. The van der Waals surface area contributed by atoms with Crippen LogP contribution in [0, 0.1) is 11.3 Å². The van der Waals surface area contributed by atoms with E-state index in [2.05, 4.69) is 43.0 Å². The van der Waals surface area contributed by atoms with Crippen LogP contribution in [0.15, 0.2) is 36.4 Å². The van der Waals surface area contributed by atoms with Crippen LogP contribution < -0.4 is 14.0 Å². The first-order valence-corrected chi connectivity index (χ1v) is 10.2. The Balaban J connectivity index is 2.24. The van der Waals surface area contributed by atoms with Gasteiger partial charge in [-0.15, -0.1) is 11.3 Å². The quantitative estimate of drug-likeness (QED) is 0.717. The number of carbonyl (C=O) groups is 1. The van der Waals surface area contributed by atoms with E-state index in [4.69, 9.17) is 10.4 Å². The van der Waals surface area contributed by atoms with E-state index in [0.717, 1.165) is 23.2 Å². The second-order valence-electron chi connectivity index (χ2n) is 6.42. The van der Waals surface area contributed by atoms with Crippen molar-refractivity contribution in [2.75, 3.05) is 18.0 Å². The number of benzene rings is 1. The van der Waals surface area contributed by atoms with Crippen LogP contribution in [0.4, 0.5) is 5.69 Å². The van der Waals surface area contributed by atoms with Crippen molar-refractivity contribution in [1.29, 1.82) is 5.26 Å². The third-order valence-electron chi connectivity index (χ3n) is 4.33. The van der Waals surface area contributed by atoms with Gasteiger partial charge in [-0.3, -0.25) is 0 Å². The fourth-order valence-electron chi connectivity index (χ4n) is 2.79. The molecule has 1 aromatic carbocycles. The minimum atomic E-state index is -1.19. The lowest BCUT2D eigenvalue weighted by Gasteiger charge is -2.24. The molecule has 1 aromatic heterocycles. The number of anilines is 1. The van der Waals surface area contributed by atoms with Gasteiger partial charge in [-0.05, 0) is 48.7 Å². The number of thiophene rings is 1. The van der Waals surface area contributed by atoms with Gasteiger partial charge in [0.1, 0.15) is 6.07 Å². The van der Waals surface area contributed by atoms with Gasteiger partial charge in [-0.1, -0.05) is 38.8 Å². The van der Waals surface area contributed by atoms with E-state index < -0.39 is 5.97 Å². The van der Waals surface area contributed by atoms with E-state index in [1.165, 1.54) is 42.7 Å². The standard InChI is InChI=1S/C22H26N2O2S/c1-3-5-13-24(14-6-4-2)18-9-7-17(8-10-18)15-19-11-12-21(27-19)20(16-23)22(25)26/h7-12,15H,3-6,13-14H2,1-2H3,(H,25,26)/b19-15-,21-20-. The van der Waals surface area contributed by atoms with Gasteiger partial charge in [-0.2, -0.15) is 5.26 Å². The summed E-state index contributed by atoms with van der Waals surface area (Å²) in [6.45, 7) is 6.58. The van der Waals surface area contributed by atoms with Gasteiger partial charge in [0.05, 0.1) is 4.53 Å². The van der Waals surface area contributed by atoms with Crippen LogP contribution in [0.1, 0.15) is 45.1 Å². The molecule has 142 valence electrons. The Kier molecular flexibility index (Phi) is 8.09. The molecular formula is C22H26N2O2S. The average molecular weight is 383 g/mol. The van der Waals surface area contributed by atoms with Crippen LogP contribution in [0.25, 0.3) is 11.6 Å². The Morgan fingerprint density at radius 3 is 2.26 bits per heavy atom. The predicted octanol–water partition coefficient (Wildman–Crippen LogP) is 3.74. The van der Waals surface area contributed by atoms with E-state index in [-0.39, 0.29) is 5.57 Å². The van der Waals surface area contributed by atoms with Gasteiger partial charge in [0.15, 0.2) is 5.57 Å². The zero-order chi connectivity index (χ0) is 19.6. The van der Waals surface area contributed by atoms with E-state index >= 15 is 0 Å². The Labute approximate surface area is 164 Å². The molecule has 0 aliphatic rings. The highest BCUT2D eigenvalue weighted by Gasteiger charge is 2.08. The molecule has 0 fully saturated rings. The number of nitrogens with zero attached hydrogens (tertiary/aromatic N) is 2. The van der Waals surface area contributed by atoms with Crippen molar-refractivity contribution in [3.05, 3.63) is 51.0 Å². The molecule has 0 radical (unpaired) electrons. The summed E-state index contributed by atoms with van der Waals surface area (Å²) in [5.74, 6) is -1.19. The van der Waals surface area contributed by atoms with Crippen molar-refractivity contribution in [3.63, 3.8) is 0 Å². The second-order valence-corrected chi connectivity index (χ2v) is 7.54. The van der Waals surface area contributed by atoms with Crippen LogP contribution in [-0.2, 0) is 4.79 Å².